The normalized spacial score (nSPS) is 25.6. The highest BCUT2D eigenvalue weighted by atomic mass is 19.4. The van der Waals surface area contributed by atoms with E-state index in [4.69, 9.17) is 4.74 Å². The van der Waals surface area contributed by atoms with E-state index < -0.39 is 23.5 Å². The Bertz CT molecular complexity index is 956. The van der Waals surface area contributed by atoms with Crippen LogP contribution in [0, 0.1) is 5.92 Å². The van der Waals surface area contributed by atoms with Crippen molar-refractivity contribution in [2.75, 3.05) is 13.1 Å². The number of hydrogen-bond donors (Lipinski definition) is 0. The second kappa shape index (κ2) is 8.42. The minimum atomic E-state index is -4.44. The standard InChI is InChI=1S/C23H22F6N2O/c1-2-3-14-10-16(22(24,25)26)5-7-20(14)32-18-11-15-8-9-31(13-18)21(15)19-6-4-17(12-30-19)23(27,28)29/h2,4-7,10,12,15,18,21H,1,3,8-9,11,13H2/t15?,18-,21?/m1/s1. The van der Waals surface area contributed by atoms with Gasteiger partial charge in [0.1, 0.15) is 11.9 Å². The number of ether oxygens (including phenoxy) is 1. The number of pyridine rings is 1. The highest BCUT2D eigenvalue weighted by molar-refractivity contribution is 5.40. The van der Waals surface area contributed by atoms with E-state index in [1.807, 2.05) is 0 Å². The van der Waals surface area contributed by atoms with Crippen molar-refractivity contribution in [3.8, 4) is 5.75 Å². The van der Waals surface area contributed by atoms with Crippen molar-refractivity contribution in [2.45, 2.75) is 43.8 Å². The van der Waals surface area contributed by atoms with E-state index in [9.17, 15) is 26.3 Å². The minimum absolute atomic E-state index is 0.0858. The van der Waals surface area contributed by atoms with E-state index in [1.54, 1.807) is 0 Å². The molecule has 0 amide bonds. The molecule has 2 bridgehead atoms. The van der Waals surface area contributed by atoms with Crippen LogP contribution >= 0.6 is 0 Å². The number of aromatic nitrogens is 1. The molecule has 172 valence electrons. The molecule has 0 N–H and O–H groups in total. The zero-order valence-electron chi connectivity index (χ0n) is 17.1. The number of fused-ring (bicyclic) bond motifs is 2. The number of halogens is 6. The summed E-state index contributed by atoms with van der Waals surface area (Å²) in [5.74, 6) is 0.546. The molecule has 3 nitrogen and oxygen atoms in total. The van der Waals surface area contributed by atoms with Crippen molar-refractivity contribution >= 4 is 0 Å². The molecule has 3 unspecified atom stereocenters. The van der Waals surface area contributed by atoms with Gasteiger partial charge in [-0.15, -0.1) is 6.58 Å². The third-order valence-corrected chi connectivity index (χ3v) is 6.09. The molecule has 32 heavy (non-hydrogen) atoms. The molecule has 1 aromatic carbocycles. The number of benzene rings is 1. The fourth-order valence-electron chi connectivity index (χ4n) is 4.68. The SMILES string of the molecule is C=CCc1cc(C(F)(F)F)ccc1O[C@@H]1CC2CCN(C1)C2c1ccc(C(F)(F)F)cn1. The first-order chi connectivity index (χ1) is 15.1. The van der Waals surface area contributed by atoms with Crippen LogP contribution in [0.4, 0.5) is 26.3 Å². The predicted octanol–water partition coefficient (Wildman–Crippen LogP) is 6.06. The van der Waals surface area contributed by atoms with Crippen LogP contribution in [0.3, 0.4) is 0 Å². The van der Waals surface area contributed by atoms with E-state index in [0.717, 1.165) is 37.4 Å². The summed E-state index contributed by atoms with van der Waals surface area (Å²) in [4.78, 5) is 6.20. The Hall–Kier alpha value is -2.55. The largest absolute Gasteiger partial charge is 0.489 e. The van der Waals surface area contributed by atoms with Gasteiger partial charge in [0.15, 0.2) is 0 Å². The molecule has 0 saturated carbocycles. The lowest BCUT2D eigenvalue weighted by Crippen LogP contribution is -2.42. The third-order valence-electron chi connectivity index (χ3n) is 6.09. The van der Waals surface area contributed by atoms with Gasteiger partial charge in [-0.25, -0.2) is 0 Å². The summed E-state index contributed by atoms with van der Waals surface area (Å²) in [5.41, 5.74) is -0.496. The van der Waals surface area contributed by atoms with Crippen LogP contribution in [0.5, 0.6) is 5.75 Å². The first-order valence-electron chi connectivity index (χ1n) is 10.3. The van der Waals surface area contributed by atoms with Crippen LogP contribution < -0.4 is 4.74 Å². The average molecular weight is 456 g/mol. The van der Waals surface area contributed by atoms with Gasteiger partial charge in [0.25, 0.3) is 0 Å². The van der Waals surface area contributed by atoms with Gasteiger partial charge >= 0.3 is 12.4 Å². The highest BCUT2D eigenvalue weighted by Gasteiger charge is 2.44. The van der Waals surface area contributed by atoms with E-state index in [2.05, 4.69) is 16.5 Å². The topological polar surface area (TPSA) is 25.4 Å². The van der Waals surface area contributed by atoms with Gasteiger partial charge in [0.2, 0.25) is 0 Å². The van der Waals surface area contributed by atoms with Gasteiger partial charge in [0, 0.05) is 12.7 Å². The maximum absolute atomic E-state index is 13.1. The van der Waals surface area contributed by atoms with Crippen LogP contribution in [0.25, 0.3) is 0 Å². The summed E-state index contributed by atoms with van der Waals surface area (Å²) in [7, 11) is 0. The molecule has 3 heterocycles. The Balaban J connectivity index is 1.49. The lowest BCUT2D eigenvalue weighted by molar-refractivity contribution is -0.138. The Kier molecular flexibility index (Phi) is 5.96. The van der Waals surface area contributed by atoms with E-state index in [0.29, 0.717) is 30.0 Å². The van der Waals surface area contributed by atoms with Gasteiger partial charge in [0.05, 0.1) is 22.9 Å². The van der Waals surface area contributed by atoms with Crippen LogP contribution in [0.15, 0.2) is 49.2 Å². The zero-order chi connectivity index (χ0) is 23.1. The van der Waals surface area contributed by atoms with Crippen molar-refractivity contribution in [1.82, 2.24) is 9.88 Å². The number of nitrogens with zero attached hydrogens (tertiary/aromatic N) is 2. The maximum atomic E-state index is 13.1. The number of allylic oxidation sites excluding steroid dienone is 1. The second-order valence-corrected chi connectivity index (χ2v) is 8.25. The molecular weight excluding hydrogens is 434 g/mol. The third kappa shape index (κ3) is 4.62. The van der Waals surface area contributed by atoms with Crippen LogP contribution in [-0.2, 0) is 18.8 Å². The number of alkyl halides is 6. The van der Waals surface area contributed by atoms with E-state index in [1.165, 1.54) is 18.2 Å². The van der Waals surface area contributed by atoms with Gasteiger partial charge < -0.3 is 4.74 Å². The molecule has 2 aromatic rings. The molecule has 4 atom stereocenters. The summed E-state index contributed by atoms with van der Waals surface area (Å²) in [5, 5.41) is 0. The number of rotatable bonds is 5. The van der Waals surface area contributed by atoms with Crippen molar-refractivity contribution in [3.63, 3.8) is 0 Å². The molecular formula is C23H22F6N2O. The molecule has 2 saturated heterocycles. The van der Waals surface area contributed by atoms with Crippen molar-refractivity contribution in [3.05, 3.63) is 71.6 Å². The van der Waals surface area contributed by atoms with E-state index >= 15 is 0 Å². The molecule has 2 aliphatic heterocycles. The van der Waals surface area contributed by atoms with Gasteiger partial charge in [-0.2, -0.15) is 26.3 Å². The quantitative estimate of drug-likeness (QED) is 0.404. The Morgan fingerprint density at radius 2 is 1.78 bits per heavy atom. The fraction of sp³-hybridized carbons (Fsp3) is 0.435. The maximum Gasteiger partial charge on any atom is 0.417 e. The molecule has 2 fully saturated rings. The first-order valence-corrected chi connectivity index (χ1v) is 10.3. The second-order valence-electron chi connectivity index (χ2n) is 8.25. The first kappa shape index (κ1) is 22.6. The number of hydrogen-bond acceptors (Lipinski definition) is 3. The van der Waals surface area contributed by atoms with Crippen molar-refractivity contribution < 1.29 is 31.1 Å². The van der Waals surface area contributed by atoms with Crippen molar-refractivity contribution in [2.24, 2.45) is 5.92 Å². The Morgan fingerprint density at radius 1 is 1.06 bits per heavy atom. The molecule has 0 spiro atoms. The van der Waals surface area contributed by atoms with Crippen LogP contribution in [-0.4, -0.2) is 29.1 Å². The van der Waals surface area contributed by atoms with Crippen LogP contribution in [0.1, 0.15) is 41.3 Å². The summed E-state index contributed by atoms with van der Waals surface area (Å²) < 4.78 is 83.8. The fourth-order valence-corrected chi connectivity index (χ4v) is 4.68. The smallest absolute Gasteiger partial charge is 0.417 e. The van der Waals surface area contributed by atoms with Crippen molar-refractivity contribution in [1.29, 1.82) is 0 Å². The van der Waals surface area contributed by atoms with Gasteiger partial charge in [-0.1, -0.05) is 6.08 Å². The summed E-state index contributed by atoms with van der Waals surface area (Å²) >= 11 is 0. The Labute approximate surface area is 181 Å². The van der Waals surface area contributed by atoms with Gasteiger partial charge in [-0.3, -0.25) is 9.88 Å². The lowest BCUT2D eigenvalue weighted by atomic mass is 9.88. The molecule has 9 heteroatoms. The lowest BCUT2D eigenvalue weighted by Gasteiger charge is -2.37. The monoisotopic (exact) mass is 456 g/mol. The molecule has 0 aliphatic carbocycles. The molecule has 1 aromatic heterocycles. The summed E-state index contributed by atoms with van der Waals surface area (Å²) in [6.45, 7) is 4.91. The van der Waals surface area contributed by atoms with Crippen LogP contribution in [0.2, 0.25) is 0 Å². The van der Waals surface area contributed by atoms with E-state index in [-0.39, 0.29) is 24.5 Å². The Morgan fingerprint density at radius 3 is 2.38 bits per heavy atom. The molecule has 4 rings (SSSR count). The summed E-state index contributed by atoms with van der Waals surface area (Å²) in [6.07, 6.45) is -4.94. The molecule has 2 aliphatic rings. The zero-order valence-corrected chi connectivity index (χ0v) is 17.1. The predicted molar refractivity (Wildman–Crippen MR) is 106 cm³/mol. The highest BCUT2D eigenvalue weighted by Crippen LogP contribution is 2.44. The summed E-state index contributed by atoms with van der Waals surface area (Å²) in [6, 6.07) is 5.84. The number of piperidine rings is 1. The minimum Gasteiger partial charge on any atom is -0.489 e. The van der Waals surface area contributed by atoms with Gasteiger partial charge in [-0.05, 0) is 67.6 Å². The average Bonchev–Trinajstić information content (AvgIpc) is 2.98. The molecule has 0 radical (unpaired) electrons.